The maximum Gasteiger partial charge on any atom is 0.323 e. The molecular formula is C13H26N6O. The summed E-state index contributed by atoms with van der Waals surface area (Å²) in [5.41, 5.74) is 2.42. The first-order chi connectivity index (χ1) is 9.51. The van der Waals surface area contributed by atoms with Crippen molar-refractivity contribution in [2.75, 3.05) is 17.3 Å². The summed E-state index contributed by atoms with van der Waals surface area (Å²) in [5, 5.41) is 3.17. The molecule has 0 radical (unpaired) electrons. The largest absolute Gasteiger partial charge is 0.461 e. The quantitative estimate of drug-likeness (QED) is 0.363. The lowest BCUT2D eigenvalue weighted by Gasteiger charge is -2.11. The van der Waals surface area contributed by atoms with Crippen molar-refractivity contribution in [3.8, 4) is 6.01 Å². The Morgan fingerprint density at radius 1 is 1.05 bits per heavy atom. The zero-order valence-corrected chi connectivity index (χ0v) is 12.8. The molecule has 7 heteroatoms. The predicted octanol–water partition coefficient (Wildman–Crippen LogP) is 2.18. The predicted molar refractivity (Wildman–Crippen MR) is 80.6 cm³/mol. The van der Waals surface area contributed by atoms with Crippen molar-refractivity contribution in [1.29, 1.82) is 0 Å². The Kier molecular flexibility index (Phi) is 7.00. The van der Waals surface area contributed by atoms with Crippen LogP contribution in [-0.2, 0) is 0 Å². The summed E-state index contributed by atoms with van der Waals surface area (Å²) in [5.74, 6) is 6.86. The molecule has 0 aliphatic carbocycles. The zero-order valence-electron chi connectivity index (χ0n) is 12.8. The fourth-order valence-electron chi connectivity index (χ4n) is 1.64. The van der Waals surface area contributed by atoms with Gasteiger partial charge in [0.2, 0.25) is 11.9 Å². The average Bonchev–Trinajstić information content (AvgIpc) is 2.36. The fourth-order valence-corrected chi connectivity index (χ4v) is 1.64. The molecule has 0 unspecified atom stereocenters. The van der Waals surface area contributed by atoms with Crippen molar-refractivity contribution in [3.63, 3.8) is 0 Å². The molecule has 0 spiro atoms. The van der Waals surface area contributed by atoms with E-state index in [0.29, 0.717) is 11.9 Å². The van der Waals surface area contributed by atoms with E-state index in [0.717, 1.165) is 18.9 Å². The van der Waals surface area contributed by atoms with E-state index in [2.05, 4.69) is 39.5 Å². The number of hydrazine groups is 1. The van der Waals surface area contributed by atoms with E-state index < -0.39 is 0 Å². The highest BCUT2D eigenvalue weighted by atomic mass is 16.5. The lowest BCUT2D eigenvalue weighted by molar-refractivity contribution is 0.222. The van der Waals surface area contributed by atoms with Crippen LogP contribution in [-0.4, -0.2) is 27.6 Å². The molecule has 1 rings (SSSR count). The minimum absolute atomic E-state index is 0.00177. The van der Waals surface area contributed by atoms with Gasteiger partial charge in [-0.05, 0) is 26.2 Å². The Morgan fingerprint density at radius 2 is 1.75 bits per heavy atom. The first kappa shape index (κ1) is 16.4. The monoisotopic (exact) mass is 282 g/mol. The molecule has 0 fully saturated rings. The van der Waals surface area contributed by atoms with E-state index in [4.69, 9.17) is 10.6 Å². The Balaban J connectivity index is 2.51. The molecule has 0 aliphatic heterocycles. The highest BCUT2D eigenvalue weighted by Crippen LogP contribution is 2.12. The first-order valence-corrected chi connectivity index (χ1v) is 7.14. The number of nitrogens with zero attached hydrogens (tertiary/aromatic N) is 3. The Bertz CT molecular complexity index is 396. The van der Waals surface area contributed by atoms with Crippen molar-refractivity contribution in [2.24, 2.45) is 11.8 Å². The molecule has 114 valence electrons. The van der Waals surface area contributed by atoms with Gasteiger partial charge < -0.3 is 10.1 Å². The molecule has 7 nitrogen and oxygen atoms in total. The first-order valence-electron chi connectivity index (χ1n) is 7.14. The van der Waals surface area contributed by atoms with E-state index in [9.17, 15) is 0 Å². The van der Waals surface area contributed by atoms with Crippen molar-refractivity contribution < 1.29 is 4.74 Å². The third-order valence-corrected chi connectivity index (χ3v) is 2.58. The lowest BCUT2D eigenvalue weighted by Crippen LogP contribution is -2.16. The van der Waals surface area contributed by atoms with Crippen LogP contribution in [0, 0.1) is 5.92 Å². The second-order valence-corrected chi connectivity index (χ2v) is 5.39. The number of hydrogen-bond donors (Lipinski definition) is 3. The van der Waals surface area contributed by atoms with E-state index in [-0.39, 0.29) is 12.1 Å². The van der Waals surface area contributed by atoms with Crippen molar-refractivity contribution >= 4 is 11.9 Å². The molecule has 1 heterocycles. The van der Waals surface area contributed by atoms with Crippen molar-refractivity contribution in [1.82, 2.24) is 15.0 Å². The molecular weight excluding hydrogens is 256 g/mol. The molecule has 0 atom stereocenters. The van der Waals surface area contributed by atoms with Crippen molar-refractivity contribution in [2.45, 2.75) is 53.1 Å². The second kappa shape index (κ2) is 8.52. The molecule has 0 bridgehead atoms. The smallest absolute Gasteiger partial charge is 0.323 e. The Morgan fingerprint density at radius 3 is 2.35 bits per heavy atom. The number of unbranched alkanes of at least 4 members (excludes halogenated alkanes) is 1. The minimum atomic E-state index is 0.00177. The SMILES string of the molecule is CC(C)CCCCNc1nc(NN)nc(OC(C)C)n1. The normalized spacial score (nSPS) is 10.9. The van der Waals surface area contributed by atoms with E-state index in [1.54, 1.807) is 0 Å². The van der Waals surface area contributed by atoms with Gasteiger partial charge in [0.25, 0.3) is 0 Å². The number of anilines is 2. The van der Waals surface area contributed by atoms with Crippen LogP contribution >= 0.6 is 0 Å². The summed E-state index contributed by atoms with van der Waals surface area (Å²) in [6, 6.07) is 0.271. The summed E-state index contributed by atoms with van der Waals surface area (Å²) in [6.45, 7) is 9.11. The standard InChI is InChI=1S/C13H26N6O/c1-9(2)7-5-6-8-15-11-16-12(19-14)18-13(17-11)20-10(3)4/h9-10H,5-8,14H2,1-4H3,(H2,15,16,17,18,19). The third-order valence-electron chi connectivity index (χ3n) is 2.58. The second-order valence-electron chi connectivity index (χ2n) is 5.39. The van der Waals surface area contributed by atoms with Crippen LogP contribution in [0.5, 0.6) is 6.01 Å². The summed E-state index contributed by atoms with van der Waals surface area (Å²) < 4.78 is 5.46. The number of nitrogens with two attached hydrogens (primary N) is 1. The van der Waals surface area contributed by atoms with Crippen LogP contribution in [0.25, 0.3) is 0 Å². The molecule has 1 aromatic rings. The van der Waals surface area contributed by atoms with Crippen LogP contribution < -0.4 is 21.3 Å². The van der Waals surface area contributed by atoms with Gasteiger partial charge in [0.05, 0.1) is 6.10 Å². The molecule has 20 heavy (non-hydrogen) atoms. The van der Waals surface area contributed by atoms with Gasteiger partial charge in [0, 0.05) is 6.54 Å². The van der Waals surface area contributed by atoms with Gasteiger partial charge >= 0.3 is 6.01 Å². The topological polar surface area (TPSA) is 98.0 Å². The number of ether oxygens (including phenoxy) is 1. The molecule has 0 saturated heterocycles. The van der Waals surface area contributed by atoms with E-state index in [1.807, 2.05) is 13.8 Å². The highest BCUT2D eigenvalue weighted by molar-refractivity contribution is 5.34. The molecule has 1 aromatic heterocycles. The van der Waals surface area contributed by atoms with Crippen LogP contribution in [0.15, 0.2) is 0 Å². The lowest BCUT2D eigenvalue weighted by atomic mass is 10.1. The maximum absolute atomic E-state index is 5.46. The number of aromatic nitrogens is 3. The number of rotatable bonds is 9. The molecule has 0 aromatic carbocycles. The van der Waals surface area contributed by atoms with Crippen molar-refractivity contribution in [3.05, 3.63) is 0 Å². The van der Waals surface area contributed by atoms with Gasteiger partial charge in [0.1, 0.15) is 0 Å². The van der Waals surface area contributed by atoms with Crippen LogP contribution in [0.4, 0.5) is 11.9 Å². The number of nitrogens with one attached hydrogen (secondary N) is 2. The molecule has 0 saturated carbocycles. The summed E-state index contributed by atoms with van der Waals surface area (Å²) in [7, 11) is 0. The van der Waals surface area contributed by atoms with Crippen LogP contribution in [0.2, 0.25) is 0 Å². The summed E-state index contributed by atoms with van der Waals surface area (Å²) in [4.78, 5) is 12.4. The minimum Gasteiger partial charge on any atom is -0.461 e. The zero-order chi connectivity index (χ0) is 15.0. The Labute approximate surface area is 120 Å². The van der Waals surface area contributed by atoms with Gasteiger partial charge in [-0.15, -0.1) is 0 Å². The van der Waals surface area contributed by atoms with Crippen LogP contribution in [0.1, 0.15) is 47.0 Å². The molecule has 0 aliphatic rings. The summed E-state index contributed by atoms with van der Waals surface area (Å²) >= 11 is 0. The average molecular weight is 282 g/mol. The fraction of sp³-hybridized carbons (Fsp3) is 0.769. The van der Waals surface area contributed by atoms with Gasteiger partial charge in [-0.2, -0.15) is 15.0 Å². The molecule has 0 amide bonds. The van der Waals surface area contributed by atoms with Gasteiger partial charge in [-0.1, -0.05) is 26.7 Å². The Hall–Kier alpha value is -1.63. The van der Waals surface area contributed by atoms with E-state index in [1.165, 1.54) is 12.8 Å². The van der Waals surface area contributed by atoms with Gasteiger partial charge in [-0.25, -0.2) is 5.84 Å². The summed E-state index contributed by atoms with van der Waals surface area (Å²) in [6.07, 6.45) is 3.50. The highest BCUT2D eigenvalue weighted by Gasteiger charge is 2.08. The van der Waals surface area contributed by atoms with Gasteiger partial charge in [-0.3, -0.25) is 5.43 Å². The maximum atomic E-state index is 5.46. The number of nitrogen functional groups attached to an aromatic ring is 1. The number of hydrogen-bond acceptors (Lipinski definition) is 7. The van der Waals surface area contributed by atoms with Crippen LogP contribution in [0.3, 0.4) is 0 Å². The third kappa shape index (κ3) is 6.51. The molecule has 4 N–H and O–H groups in total. The van der Waals surface area contributed by atoms with Gasteiger partial charge in [0.15, 0.2) is 0 Å². The van der Waals surface area contributed by atoms with E-state index >= 15 is 0 Å².